The van der Waals surface area contributed by atoms with Gasteiger partial charge in [-0.3, -0.25) is 10.1 Å². The first-order valence-electron chi connectivity index (χ1n) is 8.05. The molecule has 2 aliphatic rings. The molecule has 4 heteroatoms. The number of nitrogens with one attached hydrogen (secondary N) is 1. The average Bonchev–Trinajstić information content (AvgIpc) is 3.11. The van der Waals surface area contributed by atoms with Crippen molar-refractivity contribution in [1.82, 2.24) is 10.2 Å². The Morgan fingerprint density at radius 3 is 2.35 bits per heavy atom. The molecule has 0 aromatic heterocycles. The van der Waals surface area contributed by atoms with Crippen LogP contribution in [0.1, 0.15) is 53.4 Å². The van der Waals surface area contributed by atoms with Crippen LogP contribution < -0.4 is 5.32 Å². The van der Waals surface area contributed by atoms with Gasteiger partial charge in [-0.2, -0.15) is 0 Å². The zero-order valence-corrected chi connectivity index (χ0v) is 13.4. The second-order valence-electron chi connectivity index (χ2n) is 7.51. The monoisotopic (exact) mass is 282 g/mol. The Kier molecular flexibility index (Phi) is 4.75. The minimum atomic E-state index is -0.787. The molecule has 0 spiro atoms. The summed E-state index contributed by atoms with van der Waals surface area (Å²) in [5.41, 5.74) is -0.787. The van der Waals surface area contributed by atoms with E-state index in [4.69, 9.17) is 0 Å². The Balaban J connectivity index is 1.96. The second-order valence-corrected chi connectivity index (χ2v) is 7.51. The van der Waals surface area contributed by atoms with E-state index in [0.29, 0.717) is 30.3 Å². The van der Waals surface area contributed by atoms with E-state index < -0.39 is 11.5 Å². The molecule has 20 heavy (non-hydrogen) atoms. The molecule has 4 nitrogen and oxygen atoms in total. The fourth-order valence-electron chi connectivity index (χ4n) is 3.68. The van der Waals surface area contributed by atoms with E-state index >= 15 is 0 Å². The van der Waals surface area contributed by atoms with Gasteiger partial charge in [0.15, 0.2) is 0 Å². The van der Waals surface area contributed by atoms with Crippen LogP contribution in [0.4, 0.5) is 0 Å². The molecule has 116 valence electrons. The first-order valence-corrected chi connectivity index (χ1v) is 8.05. The first kappa shape index (κ1) is 15.8. The summed E-state index contributed by atoms with van der Waals surface area (Å²) < 4.78 is 0. The maximum Gasteiger partial charge on any atom is 0.323 e. The first-order chi connectivity index (χ1) is 9.30. The minimum Gasteiger partial charge on any atom is -0.480 e. The quantitative estimate of drug-likeness (QED) is 0.785. The molecule has 1 aliphatic heterocycles. The van der Waals surface area contributed by atoms with Crippen LogP contribution in [-0.4, -0.2) is 46.7 Å². The van der Waals surface area contributed by atoms with Crippen LogP contribution in [0.25, 0.3) is 0 Å². The molecule has 0 amide bonds. The predicted octanol–water partition coefficient (Wildman–Crippen LogP) is 2.34. The molecule has 4 unspecified atom stereocenters. The van der Waals surface area contributed by atoms with Gasteiger partial charge in [-0.15, -0.1) is 0 Å². The number of carboxylic acid groups (broad SMARTS) is 1. The Hall–Kier alpha value is -0.610. The molecule has 0 aromatic rings. The SMILES string of the molecule is CC1CC(C)CN(C(C)CC(C)(NC2CC2)C(=O)O)C1. The highest BCUT2D eigenvalue weighted by Crippen LogP contribution is 2.28. The second kappa shape index (κ2) is 6.02. The molecule has 4 atom stereocenters. The lowest BCUT2D eigenvalue weighted by atomic mass is 9.87. The standard InChI is InChI=1S/C16H30N2O2/c1-11-7-12(2)10-18(9-11)13(3)8-16(4,15(19)20)17-14-5-6-14/h11-14,17H,5-10H2,1-4H3,(H,19,20). The number of hydrogen-bond donors (Lipinski definition) is 2. The molecular weight excluding hydrogens is 252 g/mol. The Labute approximate surface area is 122 Å². The van der Waals surface area contributed by atoms with Gasteiger partial charge >= 0.3 is 5.97 Å². The maximum absolute atomic E-state index is 11.7. The van der Waals surface area contributed by atoms with Gasteiger partial charge in [-0.1, -0.05) is 13.8 Å². The summed E-state index contributed by atoms with van der Waals surface area (Å²) in [6.45, 7) is 10.8. The highest BCUT2D eigenvalue weighted by Gasteiger charge is 2.40. The molecule has 1 saturated heterocycles. The van der Waals surface area contributed by atoms with Crippen molar-refractivity contribution in [1.29, 1.82) is 0 Å². The summed E-state index contributed by atoms with van der Waals surface area (Å²) in [5, 5.41) is 12.9. The normalized spacial score (nSPS) is 32.6. The third-order valence-electron chi connectivity index (χ3n) is 4.80. The summed E-state index contributed by atoms with van der Waals surface area (Å²) in [6.07, 6.45) is 4.21. The van der Waals surface area contributed by atoms with Gasteiger partial charge < -0.3 is 10.0 Å². The number of piperidine rings is 1. The lowest BCUT2D eigenvalue weighted by molar-refractivity contribution is -0.145. The van der Waals surface area contributed by atoms with Crippen molar-refractivity contribution in [3.8, 4) is 0 Å². The van der Waals surface area contributed by atoms with Gasteiger partial charge in [0.05, 0.1) is 0 Å². The van der Waals surface area contributed by atoms with E-state index in [2.05, 4.69) is 31.0 Å². The van der Waals surface area contributed by atoms with Crippen molar-refractivity contribution in [3.63, 3.8) is 0 Å². The number of likely N-dealkylation sites (tertiary alicyclic amines) is 1. The zero-order valence-electron chi connectivity index (χ0n) is 13.4. The van der Waals surface area contributed by atoms with E-state index in [1.54, 1.807) is 0 Å². The summed E-state index contributed by atoms with van der Waals surface area (Å²) >= 11 is 0. The molecule has 0 radical (unpaired) electrons. The number of carboxylic acids is 1. The average molecular weight is 282 g/mol. The van der Waals surface area contributed by atoms with E-state index in [1.807, 2.05) is 6.92 Å². The van der Waals surface area contributed by atoms with Crippen LogP contribution in [0.15, 0.2) is 0 Å². The molecule has 1 aliphatic carbocycles. The van der Waals surface area contributed by atoms with Gasteiger partial charge in [-0.05, 0) is 51.4 Å². The Morgan fingerprint density at radius 1 is 1.35 bits per heavy atom. The van der Waals surface area contributed by atoms with Crippen molar-refractivity contribution in [2.24, 2.45) is 11.8 Å². The minimum absolute atomic E-state index is 0.313. The van der Waals surface area contributed by atoms with Crippen molar-refractivity contribution in [2.45, 2.75) is 71.0 Å². The molecule has 0 bridgehead atoms. The fraction of sp³-hybridized carbons (Fsp3) is 0.938. The molecule has 2 rings (SSSR count). The molecule has 1 heterocycles. The van der Waals surface area contributed by atoms with E-state index in [1.165, 1.54) is 6.42 Å². The predicted molar refractivity (Wildman–Crippen MR) is 80.8 cm³/mol. The smallest absolute Gasteiger partial charge is 0.323 e. The number of aliphatic carboxylic acids is 1. The number of carbonyl (C=O) groups is 1. The molecule has 0 aromatic carbocycles. The molecular formula is C16H30N2O2. The molecule has 1 saturated carbocycles. The van der Waals surface area contributed by atoms with Crippen molar-refractivity contribution in [2.75, 3.05) is 13.1 Å². The number of nitrogens with zero attached hydrogens (tertiary/aromatic N) is 1. The van der Waals surface area contributed by atoms with Gasteiger partial charge in [0.25, 0.3) is 0 Å². The van der Waals surface area contributed by atoms with Gasteiger partial charge in [0, 0.05) is 25.2 Å². The summed E-state index contributed by atoms with van der Waals surface area (Å²) in [4.78, 5) is 14.1. The molecule has 2 N–H and O–H groups in total. The third-order valence-corrected chi connectivity index (χ3v) is 4.80. The Bertz CT molecular complexity index is 346. The van der Waals surface area contributed by atoms with Crippen molar-refractivity contribution >= 4 is 5.97 Å². The van der Waals surface area contributed by atoms with Crippen molar-refractivity contribution < 1.29 is 9.90 Å². The van der Waals surface area contributed by atoms with Gasteiger partial charge in [0.2, 0.25) is 0 Å². The van der Waals surface area contributed by atoms with Gasteiger partial charge in [-0.25, -0.2) is 0 Å². The van der Waals surface area contributed by atoms with Crippen LogP contribution in [0.3, 0.4) is 0 Å². The summed E-state index contributed by atoms with van der Waals surface area (Å²) in [6, 6.07) is 0.732. The van der Waals surface area contributed by atoms with E-state index in [-0.39, 0.29) is 0 Å². The van der Waals surface area contributed by atoms with Crippen molar-refractivity contribution in [3.05, 3.63) is 0 Å². The lowest BCUT2D eigenvalue weighted by Gasteiger charge is -2.41. The Morgan fingerprint density at radius 2 is 1.90 bits per heavy atom. The van der Waals surface area contributed by atoms with E-state index in [9.17, 15) is 9.90 Å². The largest absolute Gasteiger partial charge is 0.480 e. The lowest BCUT2D eigenvalue weighted by Crippen LogP contribution is -2.55. The van der Waals surface area contributed by atoms with Crippen LogP contribution in [0.2, 0.25) is 0 Å². The number of rotatable bonds is 6. The summed E-state index contributed by atoms with van der Waals surface area (Å²) in [5.74, 6) is 0.719. The van der Waals surface area contributed by atoms with Crippen LogP contribution >= 0.6 is 0 Å². The highest BCUT2D eigenvalue weighted by atomic mass is 16.4. The maximum atomic E-state index is 11.7. The fourth-order valence-corrected chi connectivity index (χ4v) is 3.68. The number of hydrogen-bond acceptors (Lipinski definition) is 3. The summed E-state index contributed by atoms with van der Waals surface area (Å²) in [7, 11) is 0. The van der Waals surface area contributed by atoms with E-state index in [0.717, 1.165) is 25.9 Å². The van der Waals surface area contributed by atoms with Crippen LogP contribution in [0.5, 0.6) is 0 Å². The van der Waals surface area contributed by atoms with Gasteiger partial charge in [0.1, 0.15) is 5.54 Å². The topological polar surface area (TPSA) is 52.6 Å². The molecule has 2 fully saturated rings. The van der Waals surface area contributed by atoms with Crippen LogP contribution in [0, 0.1) is 11.8 Å². The van der Waals surface area contributed by atoms with Crippen LogP contribution in [-0.2, 0) is 4.79 Å². The highest BCUT2D eigenvalue weighted by molar-refractivity contribution is 5.78. The third kappa shape index (κ3) is 3.95. The zero-order chi connectivity index (χ0) is 14.9.